The second kappa shape index (κ2) is 15.6. The number of nitrogens with zero attached hydrogens (tertiary/aromatic N) is 6. The Morgan fingerprint density at radius 3 is 1.67 bits per heavy atom. The zero-order valence-corrected chi connectivity index (χ0v) is 32.6. The number of anilines is 1. The lowest BCUT2D eigenvalue weighted by Crippen LogP contribution is -2.03. The maximum atomic E-state index is 12.6. The van der Waals surface area contributed by atoms with E-state index in [0.29, 0.717) is 12.1 Å². The summed E-state index contributed by atoms with van der Waals surface area (Å²) in [5, 5.41) is 53.0. The highest BCUT2D eigenvalue weighted by Crippen LogP contribution is 2.56. The number of fused-ring (bicyclic) bond motifs is 2. The van der Waals surface area contributed by atoms with Gasteiger partial charge in [0, 0.05) is 10.8 Å². The lowest BCUT2D eigenvalue weighted by Gasteiger charge is -2.23. The van der Waals surface area contributed by atoms with Crippen LogP contribution in [-0.2, 0) is 30.4 Å². The van der Waals surface area contributed by atoms with Gasteiger partial charge in [0.05, 0.1) is 27.2 Å². The summed E-state index contributed by atoms with van der Waals surface area (Å²) in [6.07, 6.45) is 0. The Bertz CT molecular complexity index is 3240. The summed E-state index contributed by atoms with van der Waals surface area (Å²) in [5.41, 5.74) is 2.00. The van der Waals surface area contributed by atoms with Crippen LogP contribution in [0.1, 0.15) is 10.4 Å². The first-order chi connectivity index (χ1) is 27.9. The topological polar surface area (TPSA) is 402 Å². The maximum absolute atomic E-state index is 12.6. The normalized spacial score (nSPS) is 13.3. The fraction of sp³-hybridized carbons (Fsp3) is 0. The number of azo groups is 3. The summed E-state index contributed by atoms with van der Waals surface area (Å²) < 4.78 is 134. The van der Waals surface area contributed by atoms with Crippen molar-refractivity contribution in [2.75, 3.05) is 5.73 Å². The Morgan fingerprint density at radius 2 is 1.07 bits per heavy atom. The smallest absolute Gasteiger partial charge is 0.337 e. The van der Waals surface area contributed by atoms with Crippen LogP contribution in [0.4, 0.5) is 39.8 Å². The molecule has 0 aliphatic heterocycles. The van der Waals surface area contributed by atoms with Gasteiger partial charge in [0.1, 0.15) is 54.0 Å². The molecule has 0 bridgehead atoms. The molecule has 0 heterocycles. The van der Waals surface area contributed by atoms with Crippen molar-refractivity contribution >= 4 is 109 Å². The molecule has 0 aromatic heterocycles. The summed E-state index contributed by atoms with van der Waals surface area (Å²) >= 11 is 0. The van der Waals surface area contributed by atoms with E-state index in [-0.39, 0.29) is 27.7 Å². The van der Waals surface area contributed by atoms with Gasteiger partial charge in [0.2, 0.25) is 0 Å². The van der Waals surface area contributed by atoms with E-state index >= 15 is 0 Å². The number of carboxylic acids is 1. The van der Waals surface area contributed by atoms with E-state index < -0.39 is 117 Å². The third kappa shape index (κ3) is 8.60. The van der Waals surface area contributed by atoms with Gasteiger partial charge in [0.25, 0.3) is 30.4 Å². The van der Waals surface area contributed by atoms with E-state index in [9.17, 15) is 72.7 Å². The van der Waals surface area contributed by atoms with E-state index in [1.54, 1.807) is 0 Å². The van der Waals surface area contributed by atoms with E-state index in [1.807, 2.05) is 0 Å². The van der Waals surface area contributed by atoms with Crippen molar-refractivity contribution in [2.24, 2.45) is 30.7 Å². The van der Waals surface area contributed by atoms with Crippen LogP contribution in [0.25, 0.3) is 21.5 Å². The number of nitrogen functional groups attached to an aromatic ring is 1. The van der Waals surface area contributed by atoms with Crippen LogP contribution in [0, 0.1) is 0 Å². The number of hydrogen-bond acceptors (Lipinski definition) is 19. The average molecular weight is 904 g/mol. The van der Waals surface area contributed by atoms with Crippen LogP contribution in [0.2, 0.25) is 0 Å². The number of benzene rings is 6. The van der Waals surface area contributed by atoms with Crippen molar-refractivity contribution in [1.82, 2.24) is 0 Å². The van der Waals surface area contributed by atoms with Gasteiger partial charge in [-0.25, -0.2) is 4.79 Å². The molecular weight excluding hydrogens is 879 g/mol. The molecule has 0 saturated carbocycles. The molecule has 0 spiro atoms. The van der Waals surface area contributed by atoms with Gasteiger partial charge in [-0.2, -0.15) is 30.4 Å². The highest BCUT2D eigenvalue weighted by atomic mass is 32.3. The van der Waals surface area contributed by atoms with Gasteiger partial charge in [-0.3, -0.25) is 13.7 Å². The van der Waals surface area contributed by atoms with Crippen molar-refractivity contribution in [2.45, 2.75) is 19.6 Å². The monoisotopic (exact) mass is 903 g/mol. The minimum Gasteiger partial charge on any atom is -0.505 e. The fourth-order valence-electron chi connectivity index (χ4n) is 5.61. The van der Waals surface area contributed by atoms with E-state index in [0.717, 1.165) is 24.3 Å². The lowest BCUT2D eigenvalue weighted by molar-refractivity contribution is 0.0697. The second-order valence-corrected chi connectivity index (χ2v) is 17.8. The highest BCUT2D eigenvalue weighted by molar-refractivity contribution is 8.19. The predicted octanol–water partition coefficient (Wildman–Crippen LogP) is 8.25. The van der Waals surface area contributed by atoms with Gasteiger partial charge in [-0.05, 0) is 60.0 Å². The Labute approximate surface area is 338 Å². The third-order valence-corrected chi connectivity index (χ3v) is 11.8. The van der Waals surface area contributed by atoms with E-state index in [1.165, 1.54) is 48.5 Å². The predicted molar refractivity (Wildman–Crippen MR) is 211 cm³/mol. The molecule has 27 heteroatoms. The Kier molecular flexibility index (Phi) is 11.2. The van der Waals surface area contributed by atoms with Gasteiger partial charge in [-0.15, -0.1) is 25.6 Å². The largest absolute Gasteiger partial charge is 0.505 e. The van der Waals surface area contributed by atoms with Gasteiger partial charge in [0.15, 0.2) is 11.5 Å². The molecule has 6 aromatic rings. The fourth-order valence-corrected chi connectivity index (χ4v) is 8.27. The number of rotatable bonds is 11. The molecule has 0 aliphatic rings. The van der Waals surface area contributed by atoms with Crippen molar-refractivity contribution < 1.29 is 72.7 Å². The molecule has 0 amide bonds. The number of aromatic carboxylic acids is 1. The molecule has 60 heavy (non-hydrogen) atoms. The number of carbonyl (C=O) groups is 1. The zero-order chi connectivity index (χ0) is 44.1. The van der Waals surface area contributed by atoms with Gasteiger partial charge in [-0.1, -0.05) is 30.3 Å². The zero-order valence-electron chi connectivity index (χ0n) is 29.4. The molecule has 6 aromatic carbocycles. The number of hydrogen-bond donors (Lipinski definition) is 10. The van der Waals surface area contributed by atoms with Crippen LogP contribution < -0.4 is 5.73 Å². The summed E-state index contributed by atoms with van der Waals surface area (Å²) in [7, 11) is -20.2. The molecule has 0 atom stereocenters. The van der Waals surface area contributed by atoms with Gasteiger partial charge >= 0.3 is 5.97 Å². The average Bonchev–Trinajstić information content (AvgIpc) is 3.15. The van der Waals surface area contributed by atoms with Crippen molar-refractivity contribution in [1.29, 1.82) is 0 Å². The SMILES string of the molecule is Nc1c(N=Nc2ccc3cc(S(=O)(=O)O)c(N=Nc4ccccc4C(=O)O)c(O)c3c2)cc(S(=O)(=O)O)c2cc(S(O)(O)O)c(N=Nc3ccccc3S(=O)(=O)O)c(O)c12. The first-order valence-corrected chi connectivity index (χ1v) is 21.7. The Morgan fingerprint density at radius 1 is 0.517 bits per heavy atom. The standard InChI is InChI=1S/C33H25N7O16S4/c34-28-22(38-35-16-10-9-15-11-25(59(51,52)53)29(31(41)18(15)12-16)39-36-20-6-2-1-5-17(20)33(43)44)14-24(58(48,49)50)19-13-26(60(54,55)56)30(32(42)27(19)28)40-37-21-7-3-4-8-23(21)57(45,46)47/h1-14,41-42,54-56H,34H2,(H,43,44)(H,45,46,47)(H,48,49,50)(H,51,52,53). The number of aromatic hydroxyl groups is 2. The molecule has 0 aliphatic carbocycles. The summed E-state index contributed by atoms with van der Waals surface area (Å²) in [5.74, 6) is -3.49. The molecule has 0 unspecified atom stereocenters. The van der Waals surface area contributed by atoms with Crippen LogP contribution in [0.15, 0.2) is 135 Å². The first-order valence-electron chi connectivity index (χ1n) is 15.9. The molecule has 312 valence electrons. The lowest BCUT2D eigenvalue weighted by atomic mass is 10.0. The molecule has 23 nitrogen and oxygen atoms in total. The van der Waals surface area contributed by atoms with Crippen LogP contribution >= 0.6 is 10.9 Å². The first kappa shape index (κ1) is 43.1. The maximum Gasteiger partial charge on any atom is 0.337 e. The van der Waals surface area contributed by atoms with E-state index in [2.05, 4.69) is 30.7 Å². The van der Waals surface area contributed by atoms with E-state index in [4.69, 9.17) is 5.73 Å². The molecular formula is C33H25N7O16S4. The molecule has 0 radical (unpaired) electrons. The molecule has 0 saturated heterocycles. The van der Waals surface area contributed by atoms with Crippen molar-refractivity contribution in [3.05, 3.63) is 90.5 Å². The Balaban J connectivity index is 1.53. The third-order valence-electron chi connectivity index (χ3n) is 8.27. The summed E-state index contributed by atoms with van der Waals surface area (Å²) in [6, 6.07) is 15.4. The summed E-state index contributed by atoms with van der Waals surface area (Å²) in [4.78, 5) is 7.79. The number of carboxylic acid groups (broad SMARTS) is 1. The number of phenolic OH excluding ortho intramolecular Hbond substituents is 2. The van der Waals surface area contributed by atoms with Crippen LogP contribution in [0.3, 0.4) is 0 Å². The number of nitrogens with two attached hydrogens (primary N) is 1. The second-order valence-electron chi connectivity index (χ2n) is 12.1. The summed E-state index contributed by atoms with van der Waals surface area (Å²) in [6.45, 7) is 0. The quantitative estimate of drug-likeness (QED) is 0.0332. The van der Waals surface area contributed by atoms with Gasteiger partial charge < -0.3 is 34.7 Å². The molecule has 11 N–H and O–H groups in total. The Hall–Kier alpha value is -6.53. The minimum atomic E-state index is -5.32. The van der Waals surface area contributed by atoms with Crippen molar-refractivity contribution in [3.63, 3.8) is 0 Å². The van der Waals surface area contributed by atoms with Crippen molar-refractivity contribution in [3.8, 4) is 11.5 Å². The van der Waals surface area contributed by atoms with Crippen LogP contribution in [-0.4, -0.2) is 73.9 Å². The molecule has 0 fully saturated rings. The van der Waals surface area contributed by atoms with Crippen LogP contribution in [0.5, 0.6) is 11.5 Å². The molecule has 6 rings (SSSR count). The minimum absolute atomic E-state index is 0.0145. The highest BCUT2D eigenvalue weighted by Gasteiger charge is 2.30. The number of phenols is 2.